The molecule has 0 spiro atoms. The Labute approximate surface area is 179 Å². The van der Waals surface area contributed by atoms with Crippen molar-refractivity contribution in [3.8, 4) is 0 Å². The summed E-state index contributed by atoms with van der Waals surface area (Å²) in [6.07, 6.45) is 2.77. The quantitative estimate of drug-likeness (QED) is 0.217. The van der Waals surface area contributed by atoms with Gasteiger partial charge in [0.2, 0.25) is 10.0 Å². The number of hydrogen-bond acceptors (Lipinski definition) is 3. The topological polar surface area (TPSA) is 73.8 Å². The Balaban J connectivity index is 0.00000625. The molecule has 26 heavy (non-hydrogen) atoms. The molecule has 0 bridgehead atoms. The SMILES string of the molecule is CCNC(=NCCCN(CC)S(C)(=O)=O)NCCc1cccc(Cl)c1.I. The number of rotatable bonds is 10. The lowest BCUT2D eigenvalue weighted by molar-refractivity contribution is 0.427. The number of hydrogen-bond donors (Lipinski definition) is 2. The average molecular weight is 517 g/mol. The highest BCUT2D eigenvalue weighted by Gasteiger charge is 2.12. The van der Waals surface area contributed by atoms with Gasteiger partial charge in [-0.1, -0.05) is 30.7 Å². The van der Waals surface area contributed by atoms with Gasteiger partial charge in [0, 0.05) is 37.7 Å². The fourth-order valence-electron chi connectivity index (χ4n) is 2.36. The molecule has 0 aliphatic carbocycles. The molecule has 0 aliphatic rings. The van der Waals surface area contributed by atoms with E-state index < -0.39 is 10.0 Å². The molecular weight excluding hydrogens is 487 g/mol. The van der Waals surface area contributed by atoms with Crippen LogP contribution in [-0.2, 0) is 16.4 Å². The van der Waals surface area contributed by atoms with Crippen molar-refractivity contribution in [3.63, 3.8) is 0 Å². The summed E-state index contributed by atoms with van der Waals surface area (Å²) in [4.78, 5) is 4.50. The zero-order valence-electron chi connectivity index (χ0n) is 15.7. The predicted octanol–water partition coefficient (Wildman–Crippen LogP) is 2.73. The third kappa shape index (κ3) is 10.5. The van der Waals surface area contributed by atoms with Gasteiger partial charge in [0.1, 0.15) is 0 Å². The van der Waals surface area contributed by atoms with E-state index in [9.17, 15) is 8.42 Å². The van der Waals surface area contributed by atoms with Gasteiger partial charge in [-0.3, -0.25) is 4.99 Å². The molecule has 6 nitrogen and oxygen atoms in total. The summed E-state index contributed by atoms with van der Waals surface area (Å²) in [7, 11) is -3.13. The Kier molecular flexibility index (Phi) is 13.3. The Morgan fingerprint density at radius 2 is 2.00 bits per heavy atom. The van der Waals surface area contributed by atoms with Crippen LogP contribution >= 0.6 is 35.6 Å². The van der Waals surface area contributed by atoms with Crippen LogP contribution in [0.5, 0.6) is 0 Å². The number of halogens is 2. The molecule has 0 heterocycles. The highest BCUT2D eigenvalue weighted by atomic mass is 127. The number of sulfonamides is 1. The lowest BCUT2D eigenvalue weighted by Crippen LogP contribution is -2.38. The second-order valence-corrected chi connectivity index (χ2v) is 8.09. The number of aliphatic imine (C=N–C) groups is 1. The van der Waals surface area contributed by atoms with Crippen LogP contribution in [0.4, 0.5) is 0 Å². The second kappa shape index (κ2) is 13.6. The fourth-order valence-corrected chi connectivity index (χ4v) is 3.50. The molecule has 9 heteroatoms. The third-order valence-electron chi connectivity index (χ3n) is 3.60. The zero-order chi connectivity index (χ0) is 18.7. The van der Waals surface area contributed by atoms with E-state index in [2.05, 4.69) is 15.6 Å². The van der Waals surface area contributed by atoms with Crippen LogP contribution in [-0.4, -0.2) is 57.7 Å². The van der Waals surface area contributed by atoms with Gasteiger partial charge in [0.25, 0.3) is 0 Å². The highest BCUT2D eigenvalue weighted by Crippen LogP contribution is 2.10. The molecule has 0 aliphatic heterocycles. The van der Waals surface area contributed by atoms with Crippen LogP contribution in [0, 0.1) is 0 Å². The monoisotopic (exact) mass is 516 g/mol. The van der Waals surface area contributed by atoms with Crippen LogP contribution in [0.25, 0.3) is 0 Å². The van der Waals surface area contributed by atoms with E-state index in [-0.39, 0.29) is 24.0 Å². The molecule has 0 saturated carbocycles. The van der Waals surface area contributed by atoms with Crippen molar-refractivity contribution in [1.29, 1.82) is 0 Å². The summed E-state index contributed by atoms with van der Waals surface area (Å²) < 4.78 is 24.6. The Morgan fingerprint density at radius 3 is 2.58 bits per heavy atom. The van der Waals surface area contributed by atoms with E-state index in [4.69, 9.17) is 11.6 Å². The van der Waals surface area contributed by atoms with Crippen molar-refractivity contribution >= 4 is 51.6 Å². The van der Waals surface area contributed by atoms with E-state index in [0.29, 0.717) is 26.1 Å². The van der Waals surface area contributed by atoms with Crippen molar-refractivity contribution in [3.05, 3.63) is 34.9 Å². The van der Waals surface area contributed by atoms with Crippen LogP contribution in [0.2, 0.25) is 5.02 Å². The molecule has 0 fully saturated rings. The first kappa shape index (κ1) is 25.4. The summed E-state index contributed by atoms with van der Waals surface area (Å²) in [6, 6.07) is 7.80. The number of nitrogens with one attached hydrogen (secondary N) is 2. The van der Waals surface area contributed by atoms with Crippen LogP contribution in [0.1, 0.15) is 25.8 Å². The molecule has 0 saturated heterocycles. The van der Waals surface area contributed by atoms with E-state index in [0.717, 1.165) is 30.5 Å². The average Bonchev–Trinajstić information content (AvgIpc) is 2.53. The molecule has 1 aromatic rings. The maximum atomic E-state index is 11.5. The first-order chi connectivity index (χ1) is 11.9. The van der Waals surface area contributed by atoms with Gasteiger partial charge < -0.3 is 10.6 Å². The van der Waals surface area contributed by atoms with Crippen molar-refractivity contribution in [2.45, 2.75) is 26.7 Å². The van der Waals surface area contributed by atoms with Crippen molar-refractivity contribution < 1.29 is 8.42 Å². The van der Waals surface area contributed by atoms with Gasteiger partial charge in [-0.05, 0) is 37.5 Å². The maximum absolute atomic E-state index is 11.5. The molecule has 1 rings (SSSR count). The standard InChI is InChI=1S/C17H29ClN4O2S.HI/c1-4-19-17(20-11-7-13-22(5-2)25(3,23)24)21-12-10-15-8-6-9-16(18)14-15;/h6,8-9,14H,4-5,7,10-13H2,1-3H3,(H2,19,20,21);1H. The van der Waals surface area contributed by atoms with Crippen LogP contribution < -0.4 is 10.6 Å². The lowest BCUT2D eigenvalue weighted by Gasteiger charge is -2.17. The molecule has 0 unspecified atom stereocenters. The number of nitrogens with zero attached hydrogens (tertiary/aromatic N) is 2. The van der Waals surface area contributed by atoms with Gasteiger partial charge in [-0.15, -0.1) is 24.0 Å². The molecule has 150 valence electrons. The van der Waals surface area contributed by atoms with Gasteiger partial charge in [-0.2, -0.15) is 0 Å². The molecule has 2 N–H and O–H groups in total. The molecular formula is C17H30ClIN4O2S. The van der Waals surface area contributed by atoms with Crippen LogP contribution in [0.3, 0.4) is 0 Å². The minimum absolute atomic E-state index is 0. The van der Waals surface area contributed by atoms with Gasteiger partial charge in [0.05, 0.1) is 6.26 Å². The van der Waals surface area contributed by atoms with Crippen molar-refractivity contribution in [1.82, 2.24) is 14.9 Å². The summed E-state index contributed by atoms with van der Waals surface area (Å²) in [5.74, 6) is 0.743. The largest absolute Gasteiger partial charge is 0.357 e. The normalized spacial score (nSPS) is 12.0. The number of guanidine groups is 1. The highest BCUT2D eigenvalue weighted by molar-refractivity contribution is 14.0. The second-order valence-electron chi connectivity index (χ2n) is 5.68. The van der Waals surface area contributed by atoms with Gasteiger partial charge in [0.15, 0.2) is 5.96 Å². The minimum atomic E-state index is -3.13. The van der Waals surface area contributed by atoms with E-state index in [1.165, 1.54) is 16.1 Å². The summed E-state index contributed by atoms with van der Waals surface area (Å²) >= 11 is 5.99. The Bertz CT molecular complexity index is 656. The van der Waals surface area contributed by atoms with Gasteiger partial charge >= 0.3 is 0 Å². The molecule has 0 aromatic heterocycles. The van der Waals surface area contributed by atoms with E-state index >= 15 is 0 Å². The predicted molar refractivity (Wildman–Crippen MR) is 121 cm³/mol. The van der Waals surface area contributed by atoms with Gasteiger partial charge in [-0.25, -0.2) is 12.7 Å². The van der Waals surface area contributed by atoms with Crippen molar-refractivity contribution in [2.24, 2.45) is 4.99 Å². The minimum Gasteiger partial charge on any atom is -0.357 e. The molecule has 0 atom stereocenters. The molecule has 0 radical (unpaired) electrons. The van der Waals surface area contributed by atoms with Crippen molar-refractivity contribution in [2.75, 3.05) is 39.0 Å². The molecule has 0 amide bonds. The fraction of sp³-hybridized carbons (Fsp3) is 0.588. The Morgan fingerprint density at radius 1 is 1.27 bits per heavy atom. The van der Waals surface area contributed by atoms with E-state index in [1.54, 1.807) is 0 Å². The third-order valence-corrected chi connectivity index (χ3v) is 5.21. The van der Waals surface area contributed by atoms with Crippen LogP contribution in [0.15, 0.2) is 29.3 Å². The summed E-state index contributed by atoms with van der Waals surface area (Å²) in [6.45, 7) is 6.91. The molecule has 1 aromatic carbocycles. The van der Waals surface area contributed by atoms with E-state index in [1.807, 2.05) is 38.1 Å². The first-order valence-electron chi connectivity index (χ1n) is 8.58. The zero-order valence-corrected chi connectivity index (χ0v) is 19.6. The lowest BCUT2D eigenvalue weighted by atomic mass is 10.1. The Hall–Kier alpha value is -0.580. The first-order valence-corrected chi connectivity index (χ1v) is 10.8. The number of benzene rings is 1. The maximum Gasteiger partial charge on any atom is 0.211 e. The summed E-state index contributed by atoms with van der Waals surface area (Å²) in [5, 5.41) is 7.22. The summed E-state index contributed by atoms with van der Waals surface area (Å²) in [5.41, 5.74) is 1.17. The smallest absolute Gasteiger partial charge is 0.211 e.